The lowest BCUT2D eigenvalue weighted by Gasteiger charge is -2.29. The Balaban J connectivity index is 1.29. The molecule has 5 nitrogen and oxygen atoms in total. The van der Waals surface area contributed by atoms with Crippen LogP contribution in [0.2, 0.25) is 0 Å². The van der Waals surface area contributed by atoms with Gasteiger partial charge in [0.25, 0.3) is 0 Å². The summed E-state index contributed by atoms with van der Waals surface area (Å²) in [5.74, 6) is 2.64. The van der Waals surface area contributed by atoms with Crippen LogP contribution in [-0.4, -0.2) is 49.9 Å². The third-order valence-electron chi connectivity index (χ3n) is 8.48. The molecule has 1 unspecified atom stereocenters. The summed E-state index contributed by atoms with van der Waals surface area (Å²) in [5, 5.41) is 9.99. The smallest absolute Gasteiger partial charge is 0.120 e. The van der Waals surface area contributed by atoms with Crippen molar-refractivity contribution in [3.05, 3.63) is 82.9 Å². The van der Waals surface area contributed by atoms with Gasteiger partial charge in [0.15, 0.2) is 0 Å². The maximum Gasteiger partial charge on any atom is 0.120 e. The lowest BCUT2D eigenvalue weighted by molar-refractivity contribution is 0.183. The number of methoxy groups -OCH3 is 1. The van der Waals surface area contributed by atoms with Gasteiger partial charge in [-0.25, -0.2) is 0 Å². The van der Waals surface area contributed by atoms with Gasteiger partial charge in [0.1, 0.15) is 23.9 Å². The number of anilines is 1. The molecule has 5 rings (SSSR count). The molecule has 208 valence electrons. The molecule has 0 bridgehead atoms. The zero-order chi connectivity index (χ0) is 27.0. The van der Waals surface area contributed by atoms with Crippen molar-refractivity contribution < 1.29 is 14.6 Å². The Morgan fingerprint density at radius 1 is 0.897 bits per heavy atom. The van der Waals surface area contributed by atoms with Gasteiger partial charge in [0, 0.05) is 31.4 Å². The first-order valence-electron chi connectivity index (χ1n) is 14.8. The zero-order valence-electron chi connectivity index (χ0n) is 23.7. The minimum Gasteiger partial charge on any atom is -0.508 e. The highest BCUT2D eigenvalue weighted by atomic mass is 16.5. The number of hydrogen-bond donors (Lipinski definition) is 1. The number of nitrogens with zero attached hydrogens (tertiary/aromatic N) is 2. The topological polar surface area (TPSA) is 45.2 Å². The van der Waals surface area contributed by atoms with E-state index < -0.39 is 0 Å². The van der Waals surface area contributed by atoms with Gasteiger partial charge < -0.3 is 19.5 Å². The van der Waals surface area contributed by atoms with Crippen LogP contribution < -0.4 is 14.4 Å². The summed E-state index contributed by atoms with van der Waals surface area (Å²) in [6, 6.07) is 21.1. The third kappa shape index (κ3) is 7.07. The van der Waals surface area contributed by atoms with Gasteiger partial charge in [-0.1, -0.05) is 30.7 Å². The number of rotatable bonds is 10. The molecule has 1 atom stereocenters. The molecular weight excluding hydrogens is 484 g/mol. The van der Waals surface area contributed by atoms with Gasteiger partial charge in [0.2, 0.25) is 0 Å². The van der Waals surface area contributed by atoms with E-state index in [0.717, 1.165) is 63.4 Å². The number of aromatic hydroxyl groups is 1. The highest BCUT2D eigenvalue weighted by Gasteiger charge is 2.23. The molecule has 1 aliphatic carbocycles. The summed E-state index contributed by atoms with van der Waals surface area (Å²) in [5.41, 5.74) is 6.56. The van der Waals surface area contributed by atoms with Crippen LogP contribution in [0.3, 0.4) is 0 Å². The van der Waals surface area contributed by atoms with Crippen molar-refractivity contribution in [1.82, 2.24) is 4.90 Å². The molecule has 0 aromatic heterocycles. The van der Waals surface area contributed by atoms with E-state index in [1.165, 1.54) is 60.3 Å². The first-order chi connectivity index (χ1) is 19.1. The molecule has 1 N–H and O–H groups in total. The van der Waals surface area contributed by atoms with Crippen LogP contribution in [0.1, 0.15) is 67.2 Å². The van der Waals surface area contributed by atoms with E-state index >= 15 is 0 Å². The summed E-state index contributed by atoms with van der Waals surface area (Å²) in [6.07, 6.45) is 8.27. The zero-order valence-corrected chi connectivity index (χ0v) is 23.7. The van der Waals surface area contributed by atoms with Crippen molar-refractivity contribution in [2.45, 2.75) is 64.3 Å². The van der Waals surface area contributed by atoms with Crippen molar-refractivity contribution in [3.63, 3.8) is 0 Å². The average Bonchev–Trinajstić information content (AvgIpc) is 3.19. The van der Waals surface area contributed by atoms with E-state index in [9.17, 15) is 5.11 Å². The van der Waals surface area contributed by atoms with Crippen LogP contribution >= 0.6 is 0 Å². The number of hydrogen-bond acceptors (Lipinski definition) is 5. The van der Waals surface area contributed by atoms with E-state index in [2.05, 4.69) is 65.3 Å². The molecular formula is C34H44N2O3. The predicted octanol–water partition coefficient (Wildman–Crippen LogP) is 6.95. The highest BCUT2D eigenvalue weighted by molar-refractivity contribution is 5.59. The Hall–Kier alpha value is -3.18. The molecule has 3 aromatic rings. The number of phenolic OH excluding ortho intramolecular Hbond substituents is 1. The number of phenols is 1. The van der Waals surface area contributed by atoms with Gasteiger partial charge >= 0.3 is 0 Å². The van der Waals surface area contributed by atoms with E-state index in [1.807, 2.05) is 12.1 Å². The van der Waals surface area contributed by atoms with Crippen LogP contribution in [0.5, 0.6) is 17.2 Å². The Kier molecular flexibility index (Phi) is 9.31. The van der Waals surface area contributed by atoms with Gasteiger partial charge in [0.05, 0.1) is 7.11 Å². The summed E-state index contributed by atoms with van der Waals surface area (Å²) in [4.78, 5) is 4.98. The van der Waals surface area contributed by atoms with Crippen molar-refractivity contribution in [3.8, 4) is 17.2 Å². The quantitative estimate of drug-likeness (QED) is 0.288. The molecule has 3 aromatic carbocycles. The van der Waals surface area contributed by atoms with E-state index in [-0.39, 0.29) is 0 Å². The number of fused-ring (bicyclic) bond motifs is 1. The molecule has 1 heterocycles. The van der Waals surface area contributed by atoms with Gasteiger partial charge in [-0.3, -0.25) is 4.90 Å². The Bertz CT molecular complexity index is 1200. The fraction of sp³-hybridized carbons (Fsp3) is 0.471. The van der Waals surface area contributed by atoms with Gasteiger partial charge in [-0.15, -0.1) is 0 Å². The monoisotopic (exact) mass is 528 g/mol. The summed E-state index contributed by atoms with van der Waals surface area (Å²) >= 11 is 0. The fourth-order valence-electron chi connectivity index (χ4n) is 6.24. The highest BCUT2D eigenvalue weighted by Crippen LogP contribution is 2.39. The second kappa shape index (κ2) is 13.3. The standard InChI is InChI=1S/C34H44N2O3/c1-3-36(25-26-10-14-31(15-11-26)39-21-20-35-18-5-4-6-19-35)34-24-32(38-2)16-17-33(34)29-9-7-8-27-23-30(37)13-12-28(27)22-29/h10-17,23-24,29,37H,3-9,18-22,25H2,1-2H3. The lowest BCUT2D eigenvalue weighted by atomic mass is 9.88. The predicted molar refractivity (Wildman–Crippen MR) is 159 cm³/mol. The van der Waals surface area contributed by atoms with Crippen LogP contribution in [0.4, 0.5) is 5.69 Å². The first-order valence-corrected chi connectivity index (χ1v) is 14.8. The number of piperidine rings is 1. The van der Waals surface area contributed by atoms with Crippen LogP contribution in [0, 0.1) is 0 Å². The summed E-state index contributed by atoms with van der Waals surface area (Å²) in [6.45, 7) is 8.14. The number of benzene rings is 3. The second-order valence-corrected chi connectivity index (χ2v) is 11.1. The fourth-order valence-corrected chi connectivity index (χ4v) is 6.24. The Labute approximate surface area is 234 Å². The van der Waals surface area contributed by atoms with Gasteiger partial charge in [-0.2, -0.15) is 0 Å². The number of ether oxygens (including phenoxy) is 2. The molecule has 1 aliphatic heterocycles. The summed E-state index contributed by atoms with van der Waals surface area (Å²) in [7, 11) is 1.74. The summed E-state index contributed by atoms with van der Waals surface area (Å²) < 4.78 is 11.7. The largest absolute Gasteiger partial charge is 0.508 e. The first kappa shape index (κ1) is 27.4. The molecule has 2 aliphatic rings. The Morgan fingerprint density at radius 3 is 2.46 bits per heavy atom. The third-order valence-corrected chi connectivity index (χ3v) is 8.48. The molecule has 39 heavy (non-hydrogen) atoms. The minimum absolute atomic E-state index is 0.368. The normalized spacial score (nSPS) is 17.7. The van der Waals surface area contributed by atoms with Crippen molar-refractivity contribution in [1.29, 1.82) is 0 Å². The molecule has 5 heteroatoms. The van der Waals surface area contributed by atoms with Crippen molar-refractivity contribution in [2.75, 3.05) is 44.8 Å². The molecule has 0 spiro atoms. The number of likely N-dealkylation sites (tertiary alicyclic amines) is 1. The molecule has 1 saturated heterocycles. The van der Waals surface area contributed by atoms with Crippen molar-refractivity contribution >= 4 is 5.69 Å². The molecule has 0 radical (unpaired) electrons. The van der Waals surface area contributed by atoms with Crippen LogP contribution in [0.15, 0.2) is 60.7 Å². The molecule has 0 saturated carbocycles. The van der Waals surface area contributed by atoms with E-state index in [1.54, 1.807) is 7.11 Å². The SMILES string of the molecule is CCN(Cc1ccc(OCCN2CCCCC2)cc1)c1cc(OC)ccc1C1CCCc2cc(O)ccc2C1. The average molecular weight is 529 g/mol. The van der Waals surface area contributed by atoms with Crippen molar-refractivity contribution in [2.24, 2.45) is 0 Å². The maximum atomic E-state index is 9.99. The lowest BCUT2D eigenvalue weighted by Crippen LogP contribution is -2.33. The van der Waals surface area contributed by atoms with E-state index in [0.29, 0.717) is 11.7 Å². The van der Waals surface area contributed by atoms with Crippen LogP contribution in [-0.2, 0) is 19.4 Å². The minimum atomic E-state index is 0.368. The molecule has 1 fully saturated rings. The van der Waals surface area contributed by atoms with Gasteiger partial charge in [-0.05, 0) is 117 Å². The second-order valence-electron chi connectivity index (χ2n) is 11.1. The van der Waals surface area contributed by atoms with Crippen LogP contribution in [0.25, 0.3) is 0 Å². The Morgan fingerprint density at radius 2 is 1.69 bits per heavy atom. The molecule has 0 amide bonds. The maximum absolute atomic E-state index is 9.99. The van der Waals surface area contributed by atoms with E-state index in [4.69, 9.17) is 9.47 Å². The number of aryl methyl sites for hydroxylation is 1.